The first-order valence-electron chi connectivity index (χ1n) is 7.69. The van der Waals surface area contributed by atoms with Crippen LogP contribution in [0.25, 0.3) is 10.2 Å². The monoisotopic (exact) mass is 354 g/mol. The van der Waals surface area contributed by atoms with Crippen molar-refractivity contribution in [3.8, 4) is 0 Å². The lowest BCUT2D eigenvalue weighted by Crippen LogP contribution is -2.35. The van der Waals surface area contributed by atoms with Crippen molar-refractivity contribution in [3.63, 3.8) is 0 Å². The molecule has 0 bridgehead atoms. The summed E-state index contributed by atoms with van der Waals surface area (Å²) in [5.41, 5.74) is 0.907. The summed E-state index contributed by atoms with van der Waals surface area (Å²) in [4.78, 5) is 16.6. The molecule has 1 aromatic carbocycles. The van der Waals surface area contributed by atoms with Crippen LogP contribution in [0.5, 0.6) is 0 Å². The Morgan fingerprint density at radius 2 is 2.09 bits per heavy atom. The van der Waals surface area contributed by atoms with Gasteiger partial charge in [0.1, 0.15) is 0 Å². The SMILES string of the molecule is O=C(CSc1nc2cc(Cl)ccc2s1)NC1CCCCCC1. The third-order valence-corrected chi connectivity index (χ3v) is 6.29. The number of hydrogen-bond donors (Lipinski definition) is 1. The van der Waals surface area contributed by atoms with Crippen LogP contribution in [0.2, 0.25) is 5.02 Å². The van der Waals surface area contributed by atoms with Crippen LogP contribution >= 0.6 is 34.7 Å². The number of aromatic nitrogens is 1. The van der Waals surface area contributed by atoms with E-state index in [2.05, 4.69) is 10.3 Å². The fourth-order valence-corrected chi connectivity index (χ4v) is 4.79. The second-order valence-corrected chi connectivity index (χ2v) is 8.33. The molecule has 118 valence electrons. The number of fused-ring (bicyclic) bond motifs is 1. The quantitative estimate of drug-likeness (QED) is 0.628. The molecule has 0 unspecified atom stereocenters. The highest BCUT2D eigenvalue weighted by Crippen LogP contribution is 2.30. The minimum absolute atomic E-state index is 0.120. The van der Waals surface area contributed by atoms with Gasteiger partial charge in [-0.05, 0) is 31.0 Å². The molecule has 1 aliphatic rings. The molecule has 22 heavy (non-hydrogen) atoms. The molecule has 0 aliphatic heterocycles. The van der Waals surface area contributed by atoms with E-state index < -0.39 is 0 Å². The molecule has 1 saturated carbocycles. The molecule has 1 N–H and O–H groups in total. The largest absolute Gasteiger partial charge is 0.353 e. The zero-order chi connectivity index (χ0) is 15.4. The van der Waals surface area contributed by atoms with Gasteiger partial charge in [-0.1, -0.05) is 49.0 Å². The van der Waals surface area contributed by atoms with E-state index in [1.807, 2.05) is 18.2 Å². The Labute approximate surface area is 143 Å². The third kappa shape index (κ3) is 4.37. The Balaban J connectivity index is 1.53. The zero-order valence-corrected chi connectivity index (χ0v) is 14.7. The molecule has 0 radical (unpaired) electrons. The van der Waals surface area contributed by atoms with Gasteiger partial charge in [-0.15, -0.1) is 11.3 Å². The standard InChI is InChI=1S/C16H19ClN2OS2/c17-11-7-8-14-13(9-11)19-16(22-14)21-10-15(20)18-12-5-3-1-2-4-6-12/h7-9,12H,1-6,10H2,(H,18,20). The fourth-order valence-electron chi connectivity index (χ4n) is 2.76. The normalized spacial score (nSPS) is 16.6. The number of halogens is 1. The number of thiazole rings is 1. The predicted octanol–water partition coefficient (Wildman–Crippen LogP) is 4.88. The zero-order valence-electron chi connectivity index (χ0n) is 12.3. The molecule has 0 spiro atoms. The average Bonchev–Trinajstić information content (AvgIpc) is 2.72. The predicted molar refractivity (Wildman–Crippen MR) is 95.0 cm³/mol. The Kier molecular flexibility index (Phi) is 5.61. The van der Waals surface area contributed by atoms with Crippen molar-refractivity contribution in [2.24, 2.45) is 0 Å². The van der Waals surface area contributed by atoms with Crippen LogP contribution in [0.15, 0.2) is 22.5 Å². The number of rotatable bonds is 4. The van der Waals surface area contributed by atoms with Crippen molar-refractivity contribution in [2.45, 2.75) is 48.9 Å². The summed E-state index contributed by atoms with van der Waals surface area (Å²) in [6.07, 6.45) is 7.31. The average molecular weight is 355 g/mol. The van der Waals surface area contributed by atoms with E-state index in [1.54, 1.807) is 11.3 Å². The maximum Gasteiger partial charge on any atom is 0.230 e. The number of carbonyl (C=O) groups is 1. The lowest BCUT2D eigenvalue weighted by atomic mass is 10.1. The van der Waals surface area contributed by atoms with E-state index in [0.29, 0.717) is 16.8 Å². The van der Waals surface area contributed by atoms with Crippen molar-refractivity contribution in [1.82, 2.24) is 10.3 Å². The van der Waals surface area contributed by atoms with Crippen molar-refractivity contribution < 1.29 is 4.79 Å². The summed E-state index contributed by atoms with van der Waals surface area (Å²) in [7, 11) is 0. The summed E-state index contributed by atoms with van der Waals surface area (Å²) in [5.74, 6) is 0.554. The molecule has 3 nitrogen and oxygen atoms in total. The van der Waals surface area contributed by atoms with Gasteiger partial charge >= 0.3 is 0 Å². The summed E-state index contributed by atoms with van der Waals surface area (Å²) in [6.45, 7) is 0. The lowest BCUT2D eigenvalue weighted by Gasteiger charge is -2.15. The van der Waals surface area contributed by atoms with E-state index in [1.165, 1.54) is 37.4 Å². The van der Waals surface area contributed by atoms with Gasteiger partial charge in [-0.3, -0.25) is 4.79 Å². The molecule has 1 aliphatic carbocycles. The highest BCUT2D eigenvalue weighted by atomic mass is 35.5. The Morgan fingerprint density at radius 3 is 2.86 bits per heavy atom. The number of benzene rings is 1. The van der Waals surface area contributed by atoms with Crippen LogP contribution in [0.3, 0.4) is 0 Å². The van der Waals surface area contributed by atoms with Gasteiger partial charge in [0.25, 0.3) is 0 Å². The highest BCUT2D eigenvalue weighted by molar-refractivity contribution is 8.01. The molecule has 0 atom stereocenters. The lowest BCUT2D eigenvalue weighted by molar-refractivity contribution is -0.119. The van der Waals surface area contributed by atoms with Gasteiger partial charge in [0.2, 0.25) is 5.91 Å². The van der Waals surface area contributed by atoms with Gasteiger partial charge in [0.05, 0.1) is 16.0 Å². The maximum absolute atomic E-state index is 12.1. The molecule has 1 heterocycles. The summed E-state index contributed by atoms with van der Waals surface area (Å²) < 4.78 is 2.03. The molecule has 2 aromatic rings. The second kappa shape index (κ2) is 7.66. The van der Waals surface area contributed by atoms with Crippen LogP contribution in [0.1, 0.15) is 38.5 Å². The number of nitrogens with zero attached hydrogens (tertiary/aromatic N) is 1. The van der Waals surface area contributed by atoms with Gasteiger partial charge in [-0.2, -0.15) is 0 Å². The van der Waals surface area contributed by atoms with Crippen molar-refractivity contribution >= 4 is 50.8 Å². The van der Waals surface area contributed by atoms with E-state index in [-0.39, 0.29) is 5.91 Å². The first kappa shape index (κ1) is 16.1. The van der Waals surface area contributed by atoms with Crippen molar-refractivity contribution in [2.75, 3.05) is 5.75 Å². The van der Waals surface area contributed by atoms with E-state index in [9.17, 15) is 4.79 Å². The first-order chi connectivity index (χ1) is 10.7. The maximum atomic E-state index is 12.1. The van der Waals surface area contributed by atoms with Crippen LogP contribution in [-0.2, 0) is 4.79 Å². The van der Waals surface area contributed by atoms with Crippen molar-refractivity contribution in [3.05, 3.63) is 23.2 Å². The van der Waals surface area contributed by atoms with Crippen molar-refractivity contribution in [1.29, 1.82) is 0 Å². The number of nitrogens with one attached hydrogen (secondary N) is 1. The first-order valence-corrected chi connectivity index (χ1v) is 9.87. The number of amides is 1. The minimum Gasteiger partial charge on any atom is -0.353 e. The summed E-state index contributed by atoms with van der Waals surface area (Å²) >= 11 is 9.09. The minimum atomic E-state index is 0.120. The topological polar surface area (TPSA) is 42.0 Å². The molecule has 3 rings (SSSR count). The third-order valence-electron chi connectivity index (χ3n) is 3.88. The van der Waals surface area contributed by atoms with Crippen LogP contribution < -0.4 is 5.32 Å². The Bertz CT molecular complexity index is 651. The number of thioether (sulfide) groups is 1. The van der Waals surface area contributed by atoms with Gasteiger partial charge in [0.15, 0.2) is 4.34 Å². The smallest absolute Gasteiger partial charge is 0.230 e. The van der Waals surface area contributed by atoms with Crippen LogP contribution in [0.4, 0.5) is 0 Å². The van der Waals surface area contributed by atoms with Gasteiger partial charge in [-0.25, -0.2) is 4.98 Å². The molecular weight excluding hydrogens is 336 g/mol. The van der Waals surface area contributed by atoms with Gasteiger partial charge in [0, 0.05) is 11.1 Å². The van der Waals surface area contributed by atoms with E-state index in [4.69, 9.17) is 11.6 Å². The van der Waals surface area contributed by atoms with Gasteiger partial charge < -0.3 is 5.32 Å². The second-order valence-electron chi connectivity index (χ2n) is 5.64. The molecule has 0 saturated heterocycles. The molecule has 6 heteroatoms. The Morgan fingerprint density at radius 1 is 1.32 bits per heavy atom. The van der Waals surface area contributed by atoms with E-state index in [0.717, 1.165) is 27.4 Å². The molecular formula is C16H19ClN2OS2. The summed E-state index contributed by atoms with van der Waals surface area (Å²) in [6, 6.07) is 6.08. The molecule has 1 aromatic heterocycles. The molecule has 1 amide bonds. The van der Waals surface area contributed by atoms with Crippen LogP contribution in [-0.4, -0.2) is 22.7 Å². The van der Waals surface area contributed by atoms with Crippen LogP contribution in [0, 0.1) is 0 Å². The van der Waals surface area contributed by atoms with E-state index >= 15 is 0 Å². The number of hydrogen-bond acceptors (Lipinski definition) is 4. The Hall–Kier alpha value is -0.780. The summed E-state index contributed by atoms with van der Waals surface area (Å²) in [5, 5.41) is 3.86. The molecule has 1 fully saturated rings. The fraction of sp³-hybridized carbons (Fsp3) is 0.500. The highest BCUT2D eigenvalue weighted by Gasteiger charge is 2.15. The number of carbonyl (C=O) groups excluding carboxylic acids is 1.